The standard InChI is InChI=1S/C16H15FO/c1-10-6-4-8-13(12(10)3)16(18)14-9-5-7-11(2)15(14)17/h4-9H,1-3H3. The Kier molecular flexibility index (Phi) is 3.28. The molecule has 18 heavy (non-hydrogen) atoms. The number of rotatable bonds is 2. The third kappa shape index (κ3) is 2.06. The maximum Gasteiger partial charge on any atom is 0.196 e. The molecule has 0 saturated heterocycles. The minimum atomic E-state index is -0.427. The molecule has 0 bridgehead atoms. The quantitative estimate of drug-likeness (QED) is 0.728. The van der Waals surface area contributed by atoms with Crippen LogP contribution >= 0.6 is 0 Å². The molecule has 0 aromatic heterocycles. The van der Waals surface area contributed by atoms with E-state index in [1.165, 1.54) is 6.07 Å². The minimum Gasteiger partial charge on any atom is -0.288 e. The summed E-state index contributed by atoms with van der Waals surface area (Å²) in [7, 11) is 0. The third-order valence-corrected chi connectivity index (χ3v) is 3.29. The number of hydrogen-bond acceptors (Lipinski definition) is 1. The Bertz CT molecular complexity index is 561. The molecule has 0 N–H and O–H groups in total. The number of aryl methyl sites for hydroxylation is 2. The Morgan fingerprint density at radius 3 is 2.11 bits per heavy atom. The van der Waals surface area contributed by atoms with Crippen LogP contribution in [-0.2, 0) is 0 Å². The van der Waals surface area contributed by atoms with E-state index in [4.69, 9.17) is 0 Å². The van der Waals surface area contributed by atoms with Crippen molar-refractivity contribution >= 4 is 5.78 Å². The van der Waals surface area contributed by atoms with Crippen molar-refractivity contribution in [3.63, 3.8) is 0 Å². The van der Waals surface area contributed by atoms with Crippen molar-refractivity contribution in [2.24, 2.45) is 0 Å². The van der Waals surface area contributed by atoms with Crippen LogP contribution in [0.15, 0.2) is 36.4 Å². The second-order valence-corrected chi connectivity index (χ2v) is 4.51. The highest BCUT2D eigenvalue weighted by Crippen LogP contribution is 2.20. The van der Waals surface area contributed by atoms with Gasteiger partial charge in [-0.3, -0.25) is 4.79 Å². The van der Waals surface area contributed by atoms with E-state index >= 15 is 0 Å². The lowest BCUT2D eigenvalue weighted by Gasteiger charge is -2.09. The molecule has 2 rings (SSSR count). The minimum absolute atomic E-state index is 0.142. The average Bonchev–Trinajstić information content (AvgIpc) is 2.35. The highest BCUT2D eigenvalue weighted by Gasteiger charge is 2.17. The second kappa shape index (κ2) is 4.73. The smallest absolute Gasteiger partial charge is 0.196 e. The summed E-state index contributed by atoms with van der Waals surface area (Å²) in [6.45, 7) is 5.49. The van der Waals surface area contributed by atoms with Gasteiger partial charge in [0.15, 0.2) is 5.78 Å². The highest BCUT2D eigenvalue weighted by molar-refractivity contribution is 6.10. The lowest BCUT2D eigenvalue weighted by molar-refractivity contribution is 0.103. The summed E-state index contributed by atoms with van der Waals surface area (Å²) in [5.74, 6) is -0.680. The van der Waals surface area contributed by atoms with Crippen LogP contribution in [0, 0.1) is 26.6 Å². The normalized spacial score (nSPS) is 10.4. The van der Waals surface area contributed by atoms with E-state index < -0.39 is 5.82 Å². The fourth-order valence-electron chi connectivity index (χ4n) is 1.96. The maximum atomic E-state index is 13.9. The first-order valence-electron chi connectivity index (χ1n) is 5.88. The summed E-state index contributed by atoms with van der Waals surface area (Å²) < 4.78 is 13.9. The zero-order valence-corrected chi connectivity index (χ0v) is 10.8. The zero-order chi connectivity index (χ0) is 13.3. The van der Waals surface area contributed by atoms with Crippen LogP contribution in [-0.4, -0.2) is 5.78 Å². The Hall–Kier alpha value is -1.96. The molecule has 2 aromatic carbocycles. The highest BCUT2D eigenvalue weighted by atomic mass is 19.1. The molecule has 0 amide bonds. The molecule has 0 heterocycles. The van der Waals surface area contributed by atoms with Crippen molar-refractivity contribution in [3.05, 3.63) is 70.0 Å². The number of carbonyl (C=O) groups excluding carboxylic acids is 1. The van der Waals surface area contributed by atoms with E-state index in [1.807, 2.05) is 26.0 Å². The first kappa shape index (κ1) is 12.5. The third-order valence-electron chi connectivity index (χ3n) is 3.29. The molecule has 0 atom stereocenters. The van der Waals surface area contributed by atoms with Crippen LogP contribution < -0.4 is 0 Å². The molecule has 0 aliphatic carbocycles. The van der Waals surface area contributed by atoms with Gasteiger partial charge in [-0.05, 0) is 43.5 Å². The molecule has 0 aliphatic heterocycles. The summed E-state index contributed by atoms with van der Waals surface area (Å²) in [5, 5.41) is 0. The molecule has 92 valence electrons. The summed E-state index contributed by atoms with van der Waals surface area (Å²) in [6.07, 6.45) is 0. The van der Waals surface area contributed by atoms with E-state index in [2.05, 4.69) is 0 Å². The fraction of sp³-hybridized carbons (Fsp3) is 0.188. The van der Waals surface area contributed by atoms with Gasteiger partial charge in [0, 0.05) is 5.56 Å². The lowest BCUT2D eigenvalue weighted by atomic mass is 9.95. The number of hydrogen-bond donors (Lipinski definition) is 0. The number of ketones is 1. The molecular formula is C16H15FO. The zero-order valence-electron chi connectivity index (χ0n) is 10.8. The predicted molar refractivity (Wildman–Crippen MR) is 70.5 cm³/mol. The summed E-state index contributed by atoms with van der Waals surface area (Å²) >= 11 is 0. The average molecular weight is 242 g/mol. The van der Waals surface area contributed by atoms with Gasteiger partial charge in [0.2, 0.25) is 0 Å². The lowest BCUT2D eigenvalue weighted by Crippen LogP contribution is -2.07. The second-order valence-electron chi connectivity index (χ2n) is 4.51. The van der Waals surface area contributed by atoms with Crippen LogP contribution in [0.2, 0.25) is 0 Å². The van der Waals surface area contributed by atoms with Crippen molar-refractivity contribution in [3.8, 4) is 0 Å². The Morgan fingerprint density at radius 1 is 0.889 bits per heavy atom. The van der Waals surface area contributed by atoms with Crippen LogP contribution in [0.5, 0.6) is 0 Å². The van der Waals surface area contributed by atoms with Crippen LogP contribution in [0.4, 0.5) is 4.39 Å². The van der Waals surface area contributed by atoms with Gasteiger partial charge in [0.25, 0.3) is 0 Å². The predicted octanol–water partition coefficient (Wildman–Crippen LogP) is 3.98. The molecule has 0 aliphatic rings. The molecule has 2 heteroatoms. The van der Waals surface area contributed by atoms with E-state index in [1.54, 1.807) is 25.1 Å². The van der Waals surface area contributed by atoms with Crippen LogP contribution in [0.1, 0.15) is 32.6 Å². The number of halogens is 1. The Labute approximate surface area is 106 Å². The monoisotopic (exact) mass is 242 g/mol. The number of benzene rings is 2. The van der Waals surface area contributed by atoms with Gasteiger partial charge in [-0.15, -0.1) is 0 Å². The fourth-order valence-corrected chi connectivity index (χ4v) is 1.96. The van der Waals surface area contributed by atoms with Crippen molar-refractivity contribution in [2.75, 3.05) is 0 Å². The summed E-state index contributed by atoms with van der Waals surface area (Å²) in [6, 6.07) is 10.4. The largest absolute Gasteiger partial charge is 0.288 e. The van der Waals surface area contributed by atoms with E-state index in [0.717, 1.165) is 11.1 Å². The van der Waals surface area contributed by atoms with Crippen molar-refractivity contribution in [2.45, 2.75) is 20.8 Å². The van der Waals surface area contributed by atoms with Gasteiger partial charge in [0.1, 0.15) is 5.82 Å². The van der Waals surface area contributed by atoms with E-state index in [-0.39, 0.29) is 11.3 Å². The maximum absolute atomic E-state index is 13.9. The summed E-state index contributed by atoms with van der Waals surface area (Å²) in [4.78, 5) is 12.4. The topological polar surface area (TPSA) is 17.1 Å². The molecule has 0 fully saturated rings. The molecule has 0 unspecified atom stereocenters. The molecule has 1 nitrogen and oxygen atoms in total. The van der Waals surface area contributed by atoms with Gasteiger partial charge < -0.3 is 0 Å². The summed E-state index contributed by atoms with van der Waals surface area (Å²) in [5.41, 5.74) is 3.15. The first-order valence-corrected chi connectivity index (χ1v) is 5.88. The van der Waals surface area contributed by atoms with Crippen molar-refractivity contribution < 1.29 is 9.18 Å². The van der Waals surface area contributed by atoms with E-state index in [0.29, 0.717) is 11.1 Å². The molecule has 0 spiro atoms. The molecule has 0 saturated carbocycles. The molecular weight excluding hydrogens is 227 g/mol. The van der Waals surface area contributed by atoms with Crippen molar-refractivity contribution in [1.29, 1.82) is 0 Å². The van der Waals surface area contributed by atoms with Crippen LogP contribution in [0.25, 0.3) is 0 Å². The van der Waals surface area contributed by atoms with Crippen molar-refractivity contribution in [1.82, 2.24) is 0 Å². The van der Waals surface area contributed by atoms with Gasteiger partial charge in [0.05, 0.1) is 5.56 Å². The van der Waals surface area contributed by atoms with Gasteiger partial charge in [-0.25, -0.2) is 4.39 Å². The van der Waals surface area contributed by atoms with Gasteiger partial charge >= 0.3 is 0 Å². The Morgan fingerprint density at radius 2 is 1.44 bits per heavy atom. The van der Waals surface area contributed by atoms with E-state index in [9.17, 15) is 9.18 Å². The van der Waals surface area contributed by atoms with Gasteiger partial charge in [-0.2, -0.15) is 0 Å². The first-order chi connectivity index (χ1) is 8.52. The molecule has 2 aromatic rings. The Balaban J connectivity index is 2.55. The van der Waals surface area contributed by atoms with Gasteiger partial charge in [-0.1, -0.05) is 30.3 Å². The SMILES string of the molecule is Cc1cccc(C(=O)c2cccc(C)c2F)c1C. The number of carbonyl (C=O) groups is 1. The van der Waals surface area contributed by atoms with Crippen LogP contribution in [0.3, 0.4) is 0 Å². The molecule has 0 radical (unpaired) electrons.